The summed E-state index contributed by atoms with van der Waals surface area (Å²) in [6.07, 6.45) is 6.41. The highest BCUT2D eigenvalue weighted by atomic mass is 35.5. The van der Waals surface area contributed by atoms with Gasteiger partial charge < -0.3 is 14.9 Å². The van der Waals surface area contributed by atoms with Crippen LogP contribution in [0.15, 0.2) is 84.4 Å². The molecule has 6 nitrogen and oxygen atoms in total. The van der Waals surface area contributed by atoms with E-state index in [1.54, 1.807) is 24.3 Å². The number of carboxylic acids is 2. The Morgan fingerprint density at radius 2 is 1.32 bits per heavy atom. The minimum absolute atomic E-state index is 0.287. The number of fused-ring (bicyclic) bond motifs is 2. The molecule has 0 spiro atoms. The Kier molecular flexibility index (Phi) is 10.0. The van der Waals surface area contributed by atoms with Crippen LogP contribution in [0.2, 0.25) is 5.02 Å². The van der Waals surface area contributed by atoms with Crippen molar-refractivity contribution in [3.8, 4) is 0 Å². The largest absolute Gasteiger partial charge is 0.473 e. The first-order valence-corrected chi connectivity index (χ1v) is 13.3. The van der Waals surface area contributed by atoms with E-state index in [2.05, 4.69) is 23.1 Å². The van der Waals surface area contributed by atoms with Gasteiger partial charge >= 0.3 is 11.9 Å². The van der Waals surface area contributed by atoms with Crippen LogP contribution in [-0.2, 0) is 20.9 Å². The smallest absolute Gasteiger partial charge is 0.414 e. The number of aliphatic carboxylic acids is 2. The van der Waals surface area contributed by atoms with Gasteiger partial charge in [-0.15, -0.1) is 0 Å². The quantitative estimate of drug-likeness (QED) is 0.245. The monoisotopic (exact) mass is 569 g/mol. The van der Waals surface area contributed by atoms with E-state index >= 15 is 0 Å². The highest BCUT2D eigenvalue weighted by molar-refractivity contribution is 6.30. The van der Waals surface area contributed by atoms with Crippen LogP contribution >= 0.6 is 11.6 Å². The first kappa shape index (κ1) is 29.4. The van der Waals surface area contributed by atoms with Crippen molar-refractivity contribution >= 4 is 23.5 Å². The second-order valence-corrected chi connectivity index (χ2v) is 10.3. The van der Waals surface area contributed by atoms with E-state index in [1.807, 2.05) is 12.1 Å². The fourth-order valence-electron chi connectivity index (χ4n) is 5.29. The van der Waals surface area contributed by atoms with E-state index in [1.165, 1.54) is 48.2 Å². The number of carbonyl (C=O) groups is 2. The van der Waals surface area contributed by atoms with Crippen molar-refractivity contribution in [1.82, 2.24) is 4.90 Å². The molecule has 9 heteroatoms. The molecule has 0 saturated carbocycles. The Balaban J connectivity index is 0.000000557. The van der Waals surface area contributed by atoms with Gasteiger partial charge in [-0.3, -0.25) is 4.90 Å². The molecule has 210 valence electrons. The zero-order chi connectivity index (χ0) is 28.6. The van der Waals surface area contributed by atoms with Gasteiger partial charge in [-0.25, -0.2) is 18.4 Å². The van der Waals surface area contributed by atoms with Gasteiger partial charge in [-0.1, -0.05) is 59.6 Å². The maximum atomic E-state index is 13.5. The van der Waals surface area contributed by atoms with Crippen LogP contribution in [0.3, 0.4) is 0 Å². The number of rotatable bonds is 7. The standard InChI is InChI=1S/C29H28ClF2NO.C2H2O4/c30-24-7-1-20(2-8-24)19-33-27-13-14-28(33)18-21(17-27)15-16-34-29(22-3-9-25(31)10-4-22)23-5-11-26(32)12-6-23;3-1(4)2(5)6/h1-12,15,27-29H,13-14,16-19H2;(H,3,4)(H,5,6)/t27-,28+;. The van der Waals surface area contributed by atoms with Gasteiger partial charge in [-0.05, 0) is 78.8 Å². The van der Waals surface area contributed by atoms with E-state index in [0.717, 1.165) is 35.5 Å². The summed E-state index contributed by atoms with van der Waals surface area (Å²) in [7, 11) is 0. The van der Waals surface area contributed by atoms with Crippen molar-refractivity contribution < 1.29 is 33.3 Å². The van der Waals surface area contributed by atoms with Crippen LogP contribution < -0.4 is 0 Å². The highest BCUT2D eigenvalue weighted by Gasteiger charge is 2.38. The van der Waals surface area contributed by atoms with Crippen LogP contribution in [0.5, 0.6) is 0 Å². The van der Waals surface area contributed by atoms with E-state index < -0.39 is 11.9 Å². The van der Waals surface area contributed by atoms with E-state index in [0.29, 0.717) is 18.7 Å². The molecule has 0 amide bonds. The number of ether oxygens (including phenoxy) is 1. The molecule has 3 aromatic rings. The lowest BCUT2D eigenvalue weighted by atomic mass is 9.95. The van der Waals surface area contributed by atoms with E-state index in [-0.39, 0.29) is 17.7 Å². The average Bonchev–Trinajstić information content (AvgIpc) is 3.16. The van der Waals surface area contributed by atoms with Gasteiger partial charge in [0.05, 0.1) is 6.61 Å². The third-order valence-electron chi connectivity index (χ3n) is 7.21. The van der Waals surface area contributed by atoms with Crippen LogP contribution in [0.25, 0.3) is 0 Å². The number of benzene rings is 3. The van der Waals surface area contributed by atoms with Gasteiger partial charge in [0.15, 0.2) is 0 Å². The molecular formula is C31H30ClF2NO5. The summed E-state index contributed by atoms with van der Waals surface area (Å²) in [4.78, 5) is 20.8. The van der Waals surface area contributed by atoms with Crippen molar-refractivity contribution in [3.05, 3.63) is 118 Å². The lowest BCUT2D eigenvalue weighted by Crippen LogP contribution is -2.39. The van der Waals surface area contributed by atoms with Crippen LogP contribution in [-0.4, -0.2) is 45.7 Å². The summed E-state index contributed by atoms with van der Waals surface area (Å²) in [6.45, 7) is 1.43. The van der Waals surface area contributed by atoms with Gasteiger partial charge in [0.25, 0.3) is 0 Å². The molecule has 2 atom stereocenters. The Morgan fingerprint density at radius 1 is 0.850 bits per heavy atom. The molecule has 0 aromatic heterocycles. The Labute approximate surface area is 236 Å². The third kappa shape index (κ3) is 7.97. The number of nitrogens with zero attached hydrogens (tertiary/aromatic N) is 1. The molecule has 2 aliphatic rings. The minimum atomic E-state index is -1.82. The van der Waals surface area contributed by atoms with Gasteiger partial charge in [0.2, 0.25) is 0 Å². The summed E-state index contributed by atoms with van der Waals surface area (Å²) >= 11 is 6.04. The molecule has 2 fully saturated rings. The molecule has 0 aliphatic carbocycles. The summed E-state index contributed by atoms with van der Waals surface area (Å²) in [5.41, 5.74) is 4.45. The van der Waals surface area contributed by atoms with Crippen molar-refractivity contribution in [3.63, 3.8) is 0 Å². The second kappa shape index (κ2) is 13.7. The normalized spacial score (nSPS) is 19.4. The number of hydrogen-bond acceptors (Lipinski definition) is 4. The fraction of sp³-hybridized carbons (Fsp3) is 0.290. The third-order valence-corrected chi connectivity index (χ3v) is 7.46. The predicted octanol–water partition coefficient (Wildman–Crippen LogP) is 6.63. The molecule has 2 saturated heterocycles. The summed E-state index contributed by atoms with van der Waals surface area (Å²) in [5, 5.41) is 15.6. The SMILES string of the molecule is Fc1ccc(C(OCC=C2C[C@H]3CC[C@@H](C2)N3Cc2ccc(Cl)cc2)c2ccc(F)cc2)cc1.O=C(O)C(=O)O. The molecule has 0 radical (unpaired) electrons. The molecule has 2 heterocycles. The molecule has 0 unspecified atom stereocenters. The lowest BCUT2D eigenvalue weighted by Gasteiger charge is -2.36. The Morgan fingerprint density at radius 3 is 1.77 bits per heavy atom. The number of hydrogen-bond donors (Lipinski definition) is 2. The topological polar surface area (TPSA) is 87.1 Å². The zero-order valence-corrected chi connectivity index (χ0v) is 22.4. The molecule has 2 bridgehead atoms. The summed E-state index contributed by atoms with van der Waals surface area (Å²) in [6, 6.07) is 21.9. The molecule has 40 heavy (non-hydrogen) atoms. The maximum absolute atomic E-state index is 13.5. The lowest BCUT2D eigenvalue weighted by molar-refractivity contribution is -0.159. The van der Waals surface area contributed by atoms with Crippen molar-refractivity contribution in [2.75, 3.05) is 6.61 Å². The molecule has 2 aliphatic heterocycles. The number of carboxylic acid groups (broad SMARTS) is 2. The van der Waals surface area contributed by atoms with Crippen molar-refractivity contribution in [2.45, 2.75) is 50.4 Å². The van der Waals surface area contributed by atoms with Gasteiger partial charge in [0.1, 0.15) is 17.7 Å². The predicted molar refractivity (Wildman–Crippen MR) is 147 cm³/mol. The number of piperidine rings is 1. The summed E-state index contributed by atoms with van der Waals surface area (Å²) < 4.78 is 33.2. The Hall–Kier alpha value is -3.59. The van der Waals surface area contributed by atoms with Gasteiger partial charge in [0, 0.05) is 23.7 Å². The van der Waals surface area contributed by atoms with E-state index in [9.17, 15) is 8.78 Å². The first-order valence-electron chi connectivity index (χ1n) is 13.0. The molecule has 2 N–H and O–H groups in total. The fourth-order valence-corrected chi connectivity index (χ4v) is 5.42. The van der Waals surface area contributed by atoms with Crippen molar-refractivity contribution in [2.24, 2.45) is 0 Å². The van der Waals surface area contributed by atoms with E-state index in [4.69, 9.17) is 36.1 Å². The van der Waals surface area contributed by atoms with Crippen LogP contribution in [0.4, 0.5) is 8.78 Å². The van der Waals surface area contributed by atoms with Gasteiger partial charge in [-0.2, -0.15) is 0 Å². The minimum Gasteiger partial charge on any atom is -0.473 e. The zero-order valence-electron chi connectivity index (χ0n) is 21.7. The number of halogens is 3. The summed E-state index contributed by atoms with van der Waals surface area (Å²) in [5.74, 6) is -4.22. The Bertz CT molecular complexity index is 1260. The highest BCUT2D eigenvalue weighted by Crippen LogP contribution is 2.39. The molecular weight excluding hydrogens is 540 g/mol. The van der Waals surface area contributed by atoms with Crippen molar-refractivity contribution in [1.29, 1.82) is 0 Å². The second-order valence-electron chi connectivity index (χ2n) is 9.88. The maximum Gasteiger partial charge on any atom is 0.414 e. The first-order chi connectivity index (χ1) is 19.2. The van der Waals surface area contributed by atoms with Crippen LogP contribution in [0.1, 0.15) is 48.5 Å². The average molecular weight is 570 g/mol. The molecule has 3 aromatic carbocycles. The van der Waals surface area contributed by atoms with Crippen LogP contribution in [0, 0.1) is 11.6 Å². The molecule has 5 rings (SSSR count).